The molecule has 0 spiro atoms. The first-order valence-electron chi connectivity index (χ1n) is 6.92. The van der Waals surface area contributed by atoms with Gasteiger partial charge in [-0.05, 0) is 33.2 Å². The van der Waals surface area contributed by atoms with Crippen LogP contribution in [-0.4, -0.2) is 22.9 Å². The van der Waals surface area contributed by atoms with Crippen LogP contribution in [0.5, 0.6) is 0 Å². The zero-order chi connectivity index (χ0) is 13.7. The van der Waals surface area contributed by atoms with Crippen LogP contribution < -0.4 is 5.32 Å². The van der Waals surface area contributed by atoms with Gasteiger partial charge in [-0.25, -0.2) is 0 Å². The maximum Gasteiger partial charge on any atom is 0.0847 e. The molecule has 1 aromatic rings. The van der Waals surface area contributed by atoms with Crippen molar-refractivity contribution in [2.75, 3.05) is 7.05 Å². The molecule has 1 heterocycles. The van der Waals surface area contributed by atoms with Gasteiger partial charge in [0.15, 0.2) is 0 Å². The normalized spacial score (nSPS) is 14.8. The maximum atomic E-state index is 6.35. The number of likely N-dealkylation sites (N-methyl/N-ethyl adjacent to an activating group) is 1. The van der Waals surface area contributed by atoms with Crippen LogP contribution in [-0.2, 0) is 13.0 Å². The lowest BCUT2D eigenvalue weighted by Crippen LogP contribution is -2.30. The van der Waals surface area contributed by atoms with E-state index < -0.39 is 0 Å². The Morgan fingerprint density at radius 1 is 1.39 bits per heavy atom. The number of aryl methyl sites for hydroxylation is 2. The minimum atomic E-state index is 0.471. The summed E-state index contributed by atoms with van der Waals surface area (Å²) in [5.74, 6) is 0.736. The lowest BCUT2D eigenvalue weighted by Gasteiger charge is -2.20. The summed E-state index contributed by atoms with van der Waals surface area (Å²) in [6, 6.07) is 0.471. The number of rotatable bonds is 7. The van der Waals surface area contributed by atoms with Crippen molar-refractivity contribution in [3.8, 4) is 0 Å². The van der Waals surface area contributed by atoms with Crippen molar-refractivity contribution in [3.05, 3.63) is 16.4 Å². The number of nitrogens with one attached hydrogen (secondary N) is 1. The summed E-state index contributed by atoms with van der Waals surface area (Å²) >= 11 is 6.35. The van der Waals surface area contributed by atoms with Crippen LogP contribution in [0.3, 0.4) is 0 Å². The van der Waals surface area contributed by atoms with Gasteiger partial charge < -0.3 is 5.32 Å². The maximum absolute atomic E-state index is 6.35. The van der Waals surface area contributed by atoms with Crippen LogP contribution in [0, 0.1) is 12.8 Å². The highest BCUT2D eigenvalue weighted by molar-refractivity contribution is 6.31. The molecule has 0 radical (unpaired) electrons. The van der Waals surface area contributed by atoms with Crippen molar-refractivity contribution < 1.29 is 0 Å². The summed E-state index contributed by atoms with van der Waals surface area (Å²) in [4.78, 5) is 0. The van der Waals surface area contributed by atoms with Crippen LogP contribution in [0.1, 0.15) is 45.0 Å². The topological polar surface area (TPSA) is 29.9 Å². The smallest absolute Gasteiger partial charge is 0.0847 e. The van der Waals surface area contributed by atoms with E-state index in [1.165, 1.54) is 18.5 Å². The van der Waals surface area contributed by atoms with Crippen LogP contribution >= 0.6 is 11.6 Å². The van der Waals surface area contributed by atoms with E-state index in [9.17, 15) is 0 Å². The number of hydrogen-bond donors (Lipinski definition) is 1. The molecule has 0 amide bonds. The van der Waals surface area contributed by atoms with E-state index in [4.69, 9.17) is 11.6 Å². The molecule has 1 rings (SSSR count). The molecule has 2 atom stereocenters. The Labute approximate surface area is 116 Å². The second-order valence-electron chi connectivity index (χ2n) is 5.10. The molecule has 0 saturated carbocycles. The standard InChI is InChI=1S/C14H26ClN3/c1-6-10(3)8-12(16-5)9-13-14(15)11(4)17-18(13)7-2/h10,12,16H,6-9H2,1-5H3. The third-order valence-corrected chi connectivity index (χ3v) is 4.18. The highest BCUT2D eigenvalue weighted by Crippen LogP contribution is 2.23. The quantitative estimate of drug-likeness (QED) is 0.823. The molecule has 4 heteroatoms. The van der Waals surface area contributed by atoms with Crippen molar-refractivity contribution in [3.63, 3.8) is 0 Å². The van der Waals surface area contributed by atoms with Gasteiger partial charge in [-0.1, -0.05) is 31.9 Å². The van der Waals surface area contributed by atoms with Gasteiger partial charge in [0.1, 0.15) is 0 Å². The van der Waals surface area contributed by atoms with Gasteiger partial charge in [0.2, 0.25) is 0 Å². The number of aromatic nitrogens is 2. The monoisotopic (exact) mass is 271 g/mol. The molecule has 0 bridgehead atoms. The van der Waals surface area contributed by atoms with Crippen molar-refractivity contribution in [1.29, 1.82) is 0 Å². The first-order valence-corrected chi connectivity index (χ1v) is 7.30. The molecular formula is C14H26ClN3. The Kier molecular flexibility index (Phi) is 6.16. The summed E-state index contributed by atoms with van der Waals surface area (Å²) in [5.41, 5.74) is 2.10. The molecule has 18 heavy (non-hydrogen) atoms. The molecule has 104 valence electrons. The van der Waals surface area contributed by atoms with E-state index in [-0.39, 0.29) is 0 Å². The first kappa shape index (κ1) is 15.5. The Morgan fingerprint density at radius 3 is 2.56 bits per heavy atom. The third kappa shape index (κ3) is 3.72. The minimum Gasteiger partial charge on any atom is -0.317 e. The fraction of sp³-hybridized carbons (Fsp3) is 0.786. The fourth-order valence-electron chi connectivity index (χ4n) is 2.25. The molecule has 2 unspecified atom stereocenters. The van der Waals surface area contributed by atoms with Crippen molar-refractivity contribution >= 4 is 11.6 Å². The summed E-state index contributed by atoms with van der Waals surface area (Å²) in [6.07, 6.45) is 3.35. The third-order valence-electron chi connectivity index (χ3n) is 3.68. The van der Waals surface area contributed by atoms with Gasteiger partial charge in [0, 0.05) is 19.0 Å². The Hall–Kier alpha value is -0.540. The van der Waals surface area contributed by atoms with Gasteiger partial charge in [0.25, 0.3) is 0 Å². The van der Waals surface area contributed by atoms with Gasteiger partial charge in [-0.15, -0.1) is 0 Å². The average molecular weight is 272 g/mol. The van der Waals surface area contributed by atoms with Gasteiger partial charge >= 0.3 is 0 Å². The van der Waals surface area contributed by atoms with E-state index in [1.807, 2.05) is 18.7 Å². The molecule has 1 N–H and O–H groups in total. The first-order chi connectivity index (χ1) is 8.53. The average Bonchev–Trinajstić information content (AvgIpc) is 2.65. The Balaban J connectivity index is 2.81. The fourth-order valence-corrected chi connectivity index (χ4v) is 2.47. The van der Waals surface area contributed by atoms with Crippen LogP contribution in [0.25, 0.3) is 0 Å². The predicted molar refractivity (Wildman–Crippen MR) is 78.3 cm³/mol. The molecule has 0 saturated heterocycles. The van der Waals surface area contributed by atoms with Crippen LogP contribution in [0.2, 0.25) is 5.02 Å². The van der Waals surface area contributed by atoms with E-state index >= 15 is 0 Å². The lowest BCUT2D eigenvalue weighted by molar-refractivity contribution is 0.402. The number of halogens is 1. The largest absolute Gasteiger partial charge is 0.317 e. The van der Waals surface area contributed by atoms with Gasteiger partial charge in [-0.2, -0.15) is 5.10 Å². The van der Waals surface area contributed by atoms with Crippen LogP contribution in [0.15, 0.2) is 0 Å². The molecule has 3 nitrogen and oxygen atoms in total. The van der Waals surface area contributed by atoms with E-state index in [1.54, 1.807) is 0 Å². The molecule has 0 aliphatic carbocycles. The zero-order valence-electron chi connectivity index (χ0n) is 12.3. The Bertz CT molecular complexity index is 373. The SMILES string of the molecule is CCC(C)CC(Cc1c(Cl)c(C)nn1CC)NC. The van der Waals surface area contributed by atoms with Crippen LogP contribution in [0.4, 0.5) is 0 Å². The van der Waals surface area contributed by atoms with E-state index in [0.717, 1.165) is 29.6 Å². The highest BCUT2D eigenvalue weighted by atomic mass is 35.5. The van der Waals surface area contributed by atoms with E-state index in [2.05, 4.69) is 31.2 Å². The zero-order valence-corrected chi connectivity index (χ0v) is 13.0. The van der Waals surface area contributed by atoms with Crippen molar-refractivity contribution in [1.82, 2.24) is 15.1 Å². The number of nitrogens with zero attached hydrogens (tertiary/aromatic N) is 2. The minimum absolute atomic E-state index is 0.471. The van der Waals surface area contributed by atoms with Crippen molar-refractivity contribution in [2.45, 2.75) is 59.5 Å². The second kappa shape index (κ2) is 7.15. The lowest BCUT2D eigenvalue weighted by atomic mass is 9.96. The molecule has 0 aliphatic heterocycles. The van der Waals surface area contributed by atoms with Gasteiger partial charge in [0.05, 0.1) is 16.4 Å². The predicted octanol–water partition coefficient (Wildman–Crippen LogP) is 3.43. The second-order valence-corrected chi connectivity index (χ2v) is 5.48. The highest BCUT2D eigenvalue weighted by Gasteiger charge is 2.18. The summed E-state index contributed by atoms with van der Waals surface area (Å²) in [6.45, 7) is 9.50. The summed E-state index contributed by atoms with van der Waals surface area (Å²) in [7, 11) is 2.03. The van der Waals surface area contributed by atoms with Crippen molar-refractivity contribution in [2.24, 2.45) is 5.92 Å². The molecular weight excluding hydrogens is 246 g/mol. The number of hydrogen-bond acceptors (Lipinski definition) is 2. The van der Waals surface area contributed by atoms with Gasteiger partial charge in [-0.3, -0.25) is 4.68 Å². The molecule has 0 aliphatic rings. The molecule has 1 aromatic heterocycles. The summed E-state index contributed by atoms with van der Waals surface area (Å²) in [5, 5.41) is 8.71. The molecule has 0 aromatic carbocycles. The summed E-state index contributed by atoms with van der Waals surface area (Å²) < 4.78 is 2.03. The van der Waals surface area contributed by atoms with E-state index in [0.29, 0.717) is 6.04 Å². The Morgan fingerprint density at radius 2 is 2.06 bits per heavy atom. The molecule has 0 fully saturated rings.